The molecule has 1 aromatic carbocycles. The number of carboxylic acid groups (broad SMARTS) is 1. The van der Waals surface area contributed by atoms with E-state index in [4.69, 9.17) is 15.3 Å². The number of carbonyl (C=O) groups is 1. The van der Waals surface area contributed by atoms with Crippen LogP contribution in [0, 0.1) is 0 Å². The van der Waals surface area contributed by atoms with Crippen LogP contribution in [0.15, 0.2) is 27.4 Å². The minimum Gasteiger partial charge on any atom is -0.504 e. The van der Waals surface area contributed by atoms with E-state index in [0.29, 0.717) is 16.7 Å². The van der Waals surface area contributed by atoms with Crippen LogP contribution >= 0.6 is 11.8 Å². The van der Waals surface area contributed by atoms with Crippen molar-refractivity contribution in [2.45, 2.75) is 11.8 Å². The summed E-state index contributed by atoms with van der Waals surface area (Å²) in [6.07, 6.45) is 0. The maximum Gasteiger partial charge on any atom is 0.336 e. The Kier molecular flexibility index (Phi) is 4.39. The van der Waals surface area contributed by atoms with E-state index in [1.807, 2.05) is 0 Å². The van der Waals surface area contributed by atoms with Crippen LogP contribution in [-0.2, 0) is 10.5 Å². The zero-order valence-electron chi connectivity index (χ0n) is 10.8. The quantitative estimate of drug-likeness (QED) is 0.471. The first-order valence-electron chi connectivity index (χ1n) is 5.93. The molecule has 1 aromatic heterocycles. The monoisotopic (exact) mass is 311 g/mol. The third kappa shape index (κ3) is 3.47. The van der Waals surface area contributed by atoms with Gasteiger partial charge in [-0.2, -0.15) is 11.8 Å². The molecular formula is C13H13NO6S. The first kappa shape index (κ1) is 15.2. The molecule has 0 aliphatic heterocycles. The van der Waals surface area contributed by atoms with Crippen LogP contribution in [0.1, 0.15) is 5.56 Å². The summed E-state index contributed by atoms with van der Waals surface area (Å²) in [6, 6.07) is 2.72. The normalized spacial score (nSPS) is 12.4. The van der Waals surface area contributed by atoms with Gasteiger partial charge in [0.2, 0.25) is 0 Å². The number of thioether (sulfide) groups is 1. The number of aliphatic carboxylic acids is 1. The summed E-state index contributed by atoms with van der Waals surface area (Å²) >= 11 is 1.25. The fourth-order valence-corrected chi connectivity index (χ4v) is 2.71. The minimum absolute atomic E-state index is 0.149. The maximum atomic E-state index is 11.5. The van der Waals surface area contributed by atoms with Crippen molar-refractivity contribution in [2.24, 2.45) is 5.73 Å². The largest absolute Gasteiger partial charge is 0.504 e. The van der Waals surface area contributed by atoms with Crippen LogP contribution in [0.4, 0.5) is 0 Å². The molecule has 0 spiro atoms. The molecule has 5 N–H and O–H groups in total. The number of rotatable bonds is 5. The summed E-state index contributed by atoms with van der Waals surface area (Å²) in [5, 5.41) is 28.1. The van der Waals surface area contributed by atoms with Crippen LogP contribution in [0.2, 0.25) is 0 Å². The molecule has 112 valence electrons. The number of hydrogen-bond donors (Lipinski definition) is 4. The van der Waals surface area contributed by atoms with Crippen LogP contribution < -0.4 is 11.4 Å². The smallest absolute Gasteiger partial charge is 0.336 e. The molecule has 0 aliphatic rings. The SMILES string of the molecule is N[C@@H](CSCc1cc(=O)oc2cc(O)c(O)cc12)C(=O)O. The average Bonchev–Trinajstić information content (AvgIpc) is 2.40. The lowest BCUT2D eigenvalue weighted by Gasteiger charge is -2.08. The number of benzene rings is 1. The van der Waals surface area contributed by atoms with E-state index in [1.165, 1.54) is 23.9 Å². The lowest BCUT2D eigenvalue weighted by molar-refractivity contribution is -0.137. The zero-order valence-corrected chi connectivity index (χ0v) is 11.6. The molecule has 0 saturated carbocycles. The molecule has 0 saturated heterocycles. The van der Waals surface area contributed by atoms with Gasteiger partial charge in [-0.3, -0.25) is 4.79 Å². The van der Waals surface area contributed by atoms with Crippen molar-refractivity contribution in [3.05, 3.63) is 34.2 Å². The van der Waals surface area contributed by atoms with Gasteiger partial charge >= 0.3 is 11.6 Å². The summed E-state index contributed by atoms with van der Waals surface area (Å²) in [5.74, 6) is -1.30. The van der Waals surface area contributed by atoms with Gasteiger partial charge in [-0.1, -0.05) is 0 Å². The Balaban J connectivity index is 2.28. The second kappa shape index (κ2) is 6.06. The molecule has 7 nitrogen and oxygen atoms in total. The number of phenols is 2. The molecule has 8 heteroatoms. The van der Waals surface area contributed by atoms with Crippen molar-refractivity contribution in [1.82, 2.24) is 0 Å². The van der Waals surface area contributed by atoms with E-state index in [2.05, 4.69) is 0 Å². The lowest BCUT2D eigenvalue weighted by Crippen LogP contribution is -2.32. The van der Waals surface area contributed by atoms with Crippen molar-refractivity contribution in [1.29, 1.82) is 0 Å². The van der Waals surface area contributed by atoms with Gasteiger partial charge < -0.3 is 25.5 Å². The third-order valence-corrected chi connectivity index (χ3v) is 3.91. The highest BCUT2D eigenvalue weighted by atomic mass is 32.2. The molecule has 1 heterocycles. The summed E-state index contributed by atoms with van der Waals surface area (Å²) < 4.78 is 4.95. The minimum atomic E-state index is -1.09. The molecule has 2 aromatic rings. The zero-order chi connectivity index (χ0) is 15.6. The first-order chi connectivity index (χ1) is 9.88. The number of phenolic OH excluding ortho intramolecular Hbond substituents is 2. The third-order valence-electron chi connectivity index (χ3n) is 2.80. The summed E-state index contributed by atoms with van der Waals surface area (Å²) in [6.45, 7) is 0. The summed E-state index contributed by atoms with van der Waals surface area (Å²) in [7, 11) is 0. The van der Waals surface area contributed by atoms with Gasteiger partial charge in [-0.15, -0.1) is 0 Å². The molecule has 1 atom stereocenters. The van der Waals surface area contributed by atoms with Crippen molar-refractivity contribution < 1.29 is 24.5 Å². The van der Waals surface area contributed by atoms with E-state index in [-0.39, 0.29) is 22.8 Å². The summed E-state index contributed by atoms with van der Waals surface area (Å²) in [5.41, 5.74) is 5.52. The van der Waals surface area contributed by atoms with Crippen LogP contribution in [-0.4, -0.2) is 33.1 Å². The van der Waals surface area contributed by atoms with E-state index >= 15 is 0 Å². The molecule has 0 amide bonds. The highest BCUT2D eigenvalue weighted by molar-refractivity contribution is 7.98. The van der Waals surface area contributed by atoms with E-state index < -0.39 is 17.6 Å². The van der Waals surface area contributed by atoms with Gasteiger partial charge in [0, 0.05) is 29.0 Å². The second-order valence-electron chi connectivity index (χ2n) is 4.39. The molecule has 0 radical (unpaired) electrons. The molecule has 0 aliphatic carbocycles. The van der Waals surface area contributed by atoms with E-state index in [1.54, 1.807) is 0 Å². The van der Waals surface area contributed by atoms with Gasteiger partial charge in [0.15, 0.2) is 11.5 Å². The summed E-state index contributed by atoms with van der Waals surface area (Å²) in [4.78, 5) is 22.1. The predicted molar refractivity (Wildman–Crippen MR) is 77.6 cm³/mol. The lowest BCUT2D eigenvalue weighted by atomic mass is 10.1. The maximum absolute atomic E-state index is 11.5. The fraction of sp³-hybridized carbons (Fsp3) is 0.231. The number of nitrogens with two attached hydrogens (primary N) is 1. The Morgan fingerprint density at radius 2 is 1.95 bits per heavy atom. The first-order valence-corrected chi connectivity index (χ1v) is 7.09. The van der Waals surface area contributed by atoms with Gasteiger partial charge in [-0.25, -0.2) is 4.79 Å². The van der Waals surface area contributed by atoms with Gasteiger partial charge in [-0.05, 0) is 11.6 Å². The number of fused-ring (bicyclic) bond motifs is 1. The Labute approximate surface area is 123 Å². The standard InChI is InChI=1S/C13H13NO6S/c14-8(13(18)19)5-21-4-6-1-12(17)20-11-3-10(16)9(15)2-7(6)11/h1-3,8,15-16H,4-5,14H2,(H,18,19)/t8-/m0/s1. The Bertz CT molecular complexity index is 741. The molecule has 0 unspecified atom stereocenters. The number of hydrogen-bond acceptors (Lipinski definition) is 7. The highest BCUT2D eigenvalue weighted by Crippen LogP contribution is 2.32. The average molecular weight is 311 g/mol. The second-order valence-corrected chi connectivity index (χ2v) is 5.42. The van der Waals surface area contributed by atoms with Crippen LogP contribution in [0.25, 0.3) is 11.0 Å². The van der Waals surface area contributed by atoms with Crippen molar-refractivity contribution >= 4 is 28.7 Å². The predicted octanol–water partition coefficient (Wildman–Crippen LogP) is 0.849. The van der Waals surface area contributed by atoms with Crippen LogP contribution in [0.5, 0.6) is 11.5 Å². The van der Waals surface area contributed by atoms with Crippen molar-refractivity contribution in [2.75, 3.05) is 5.75 Å². The highest BCUT2D eigenvalue weighted by Gasteiger charge is 2.13. The van der Waals surface area contributed by atoms with E-state index in [9.17, 15) is 19.8 Å². The van der Waals surface area contributed by atoms with Gasteiger partial charge in [0.1, 0.15) is 11.6 Å². The van der Waals surface area contributed by atoms with Crippen molar-refractivity contribution in [3.63, 3.8) is 0 Å². The Morgan fingerprint density at radius 1 is 1.29 bits per heavy atom. The van der Waals surface area contributed by atoms with E-state index in [0.717, 1.165) is 6.07 Å². The topological polar surface area (TPSA) is 134 Å². The molecule has 0 bridgehead atoms. The van der Waals surface area contributed by atoms with Gasteiger partial charge in [0.25, 0.3) is 0 Å². The molecule has 0 fully saturated rings. The fourth-order valence-electron chi connectivity index (χ4n) is 1.74. The number of carboxylic acids is 1. The Hall–Kier alpha value is -2.19. The molecular weight excluding hydrogens is 298 g/mol. The molecule has 2 rings (SSSR count). The molecule has 21 heavy (non-hydrogen) atoms. The van der Waals surface area contributed by atoms with Gasteiger partial charge in [0.05, 0.1) is 0 Å². The number of aromatic hydroxyl groups is 2. The Morgan fingerprint density at radius 3 is 2.62 bits per heavy atom. The van der Waals surface area contributed by atoms with Crippen LogP contribution in [0.3, 0.4) is 0 Å². The van der Waals surface area contributed by atoms with Crippen molar-refractivity contribution in [3.8, 4) is 11.5 Å².